The summed E-state index contributed by atoms with van der Waals surface area (Å²) in [5.74, 6) is -0.0403. The fourth-order valence-electron chi connectivity index (χ4n) is 3.38. The van der Waals surface area contributed by atoms with Gasteiger partial charge in [-0.15, -0.1) is 0 Å². The van der Waals surface area contributed by atoms with Crippen LogP contribution in [0.1, 0.15) is 56.8 Å². The largest absolute Gasteiger partial charge is 0.497 e. The molecule has 0 aliphatic heterocycles. The molecule has 162 valence electrons. The minimum Gasteiger partial charge on any atom is -0.497 e. The molecule has 0 saturated heterocycles. The van der Waals surface area contributed by atoms with E-state index in [1.807, 2.05) is 0 Å². The minimum atomic E-state index is -0.493. The number of hydrogen-bond donors (Lipinski definition) is 3. The summed E-state index contributed by atoms with van der Waals surface area (Å²) in [5, 5.41) is 9.18. The van der Waals surface area contributed by atoms with Crippen LogP contribution in [0.15, 0.2) is 18.2 Å². The van der Waals surface area contributed by atoms with Gasteiger partial charge in [0.05, 0.1) is 13.7 Å². The lowest BCUT2D eigenvalue weighted by Crippen LogP contribution is -2.43. The molecule has 1 fully saturated rings. The van der Waals surface area contributed by atoms with Crippen molar-refractivity contribution >= 4 is 11.8 Å². The van der Waals surface area contributed by atoms with Gasteiger partial charge in [0.15, 0.2) is 0 Å². The highest BCUT2D eigenvalue weighted by Gasteiger charge is 2.22. The molecule has 0 heterocycles. The van der Waals surface area contributed by atoms with Crippen molar-refractivity contribution < 1.29 is 18.7 Å². The molecule has 1 aliphatic rings. The predicted octanol–water partition coefficient (Wildman–Crippen LogP) is 2.87. The number of rotatable bonds is 8. The minimum absolute atomic E-state index is 0.0276. The van der Waals surface area contributed by atoms with Crippen LogP contribution < -0.4 is 20.7 Å². The Bertz CT molecular complexity index is 695. The van der Waals surface area contributed by atoms with Gasteiger partial charge in [0.2, 0.25) is 5.91 Å². The Labute approximate surface area is 173 Å². The summed E-state index contributed by atoms with van der Waals surface area (Å²) in [6, 6.07) is 4.32. The quantitative estimate of drug-likeness (QED) is 0.619. The van der Waals surface area contributed by atoms with Crippen LogP contribution in [0.3, 0.4) is 0 Å². The molecule has 29 heavy (non-hydrogen) atoms. The average Bonchev–Trinajstić information content (AvgIpc) is 2.68. The Balaban J connectivity index is 1.67. The van der Waals surface area contributed by atoms with E-state index in [0.717, 1.165) is 25.7 Å². The van der Waals surface area contributed by atoms with E-state index in [0.29, 0.717) is 37.3 Å². The Kier molecular flexibility index (Phi) is 8.44. The van der Waals surface area contributed by atoms with E-state index in [1.54, 1.807) is 0 Å². The average molecular weight is 408 g/mol. The van der Waals surface area contributed by atoms with Crippen LogP contribution in [0.25, 0.3) is 0 Å². The maximum Gasteiger partial charge on any atom is 0.251 e. The van der Waals surface area contributed by atoms with E-state index in [-0.39, 0.29) is 22.8 Å². The summed E-state index contributed by atoms with van der Waals surface area (Å²) in [6.45, 7) is 7.83. The number of amides is 2. The highest BCUT2D eigenvalue weighted by Crippen LogP contribution is 2.24. The van der Waals surface area contributed by atoms with Gasteiger partial charge in [0.1, 0.15) is 11.6 Å². The van der Waals surface area contributed by atoms with Gasteiger partial charge in [-0.2, -0.15) is 0 Å². The third-order valence-electron chi connectivity index (χ3n) is 5.13. The molecule has 6 nitrogen and oxygen atoms in total. The first-order valence-electron chi connectivity index (χ1n) is 10.3. The fraction of sp³-hybridized carbons (Fsp3) is 0.636. The highest BCUT2D eigenvalue weighted by molar-refractivity contribution is 5.94. The van der Waals surface area contributed by atoms with Crippen molar-refractivity contribution in [3.63, 3.8) is 0 Å². The fourth-order valence-corrected chi connectivity index (χ4v) is 3.38. The Morgan fingerprint density at radius 3 is 2.41 bits per heavy atom. The number of ether oxygens (including phenoxy) is 1. The summed E-state index contributed by atoms with van der Waals surface area (Å²) < 4.78 is 18.6. The van der Waals surface area contributed by atoms with Crippen LogP contribution in [-0.2, 0) is 4.79 Å². The van der Waals surface area contributed by atoms with Gasteiger partial charge < -0.3 is 20.7 Å². The molecule has 0 atom stereocenters. The molecule has 0 radical (unpaired) electrons. The SMILES string of the molecule is COc1cc(F)cc(C(=O)NCC2CCC(NCC(=O)NCC(C)(C)C)CC2)c1. The third kappa shape index (κ3) is 8.40. The second-order valence-corrected chi connectivity index (χ2v) is 9.03. The number of hydrogen-bond acceptors (Lipinski definition) is 4. The zero-order valence-electron chi connectivity index (χ0n) is 17.9. The van der Waals surface area contributed by atoms with Crippen molar-refractivity contribution in [3.8, 4) is 5.75 Å². The van der Waals surface area contributed by atoms with Crippen molar-refractivity contribution in [3.05, 3.63) is 29.6 Å². The van der Waals surface area contributed by atoms with Gasteiger partial charge in [-0.05, 0) is 49.1 Å². The highest BCUT2D eigenvalue weighted by atomic mass is 19.1. The molecular weight excluding hydrogens is 373 g/mol. The standard InChI is InChI=1S/C22H34FN3O3/c1-22(2,3)14-26-20(27)13-24-18-7-5-15(6-8-18)12-25-21(28)16-9-17(23)11-19(10-16)29-4/h9-11,15,18,24H,5-8,12-14H2,1-4H3,(H,25,28)(H,26,27). The summed E-state index contributed by atoms with van der Waals surface area (Å²) in [4.78, 5) is 24.2. The number of carbonyl (C=O) groups excluding carboxylic acids is 2. The number of methoxy groups -OCH3 is 1. The van der Waals surface area contributed by atoms with Crippen molar-refractivity contribution in [2.75, 3.05) is 26.7 Å². The van der Waals surface area contributed by atoms with E-state index in [1.165, 1.54) is 25.3 Å². The zero-order chi connectivity index (χ0) is 21.4. The molecule has 2 amide bonds. The lowest BCUT2D eigenvalue weighted by molar-refractivity contribution is -0.120. The van der Waals surface area contributed by atoms with Crippen molar-refractivity contribution in [2.24, 2.45) is 11.3 Å². The molecule has 0 unspecified atom stereocenters. The summed E-state index contributed by atoms with van der Waals surface area (Å²) >= 11 is 0. The molecule has 7 heteroatoms. The summed E-state index contributed by atoms with van der Waals surface area (Å²) in [5.41, 5.74) is 0.341. The van der Waals surface area contributed by atoms with Crippen molar-refractivity contribution in [1.82, 2.24) is 16.0 Å². The van der Waals surface area contributed by atoms with Crippen molar-refractivity contribution in [2.45, 2.75) is 52.5 Å². The molecule has 1 aliphatic carbocycles. The number of nitrogens with one attached hydrogen (secondary N) is 3. The molecule has 1 saturated carbocycles. The first kappa shape index (κ1) is 23.1. The van der Waals surface area contributed by atoms with Crippen LogP contribution in [0.2, 0.25) is 0 Å². The molecule has 0 aromatic heterocycles. The van der Waals surface area contributed by atoms with Gasteiger partial charge in [-0.1, -0.05) is 20.8 Å². The Morgan fingerprint density at radius 2 is 1.79 bits per heavy atom. The first-order chi connectivity index (χ1) is 13.7. The third-order valence-corrected chi connectivity index (χ3v) is 5.13. The Hall–Kier alpha value is -2.15. The molecule has 0 bridgehead atoms. The molecule has 2 rings (SSSR count). The number of benzene rings is 1. The summed E-state index contributed by atoms with van der Waals surface area (Å²) in [6.07, 6.45) is 3.91. The van der Waals surface area contributed by atoms with E-state index in [2.05, 4.69) is 36.7 Å². The smallest absolute Gasteiger partial charge is 0.251 e. The van der Waals surface area contributed by atoms with Crippen molar-refractivity contribution in [1.29, 1.82) is 0 Å². The molecule has 1 aromatic carbocycles. The second kappa shape index (κ2) is 10.6. The first-order valence-corrected chi connectivity index (χ1v) is 10.3. The number of halogens is 1. The zero-order valence-corrected chi connectivity index (χ0v) is 17.9. The predicted molar refractivity (Wildman–Crippen MR) is 111 cm³/mol. The maximum absolute atomic E-state index is 13.6. The van der Waals surface area contributed by atoms with Gasteiger partial charge >= 0.3 is 0 Å². The van der Waals surface area contributed by atoms with Crippen LogP contribution in [0, 0.1) is 17.2 Å². The van der Waals surface area contributed by atoms with Gasteiger partial charge in [0, 0.05) is 30.8 Å². The molecule has 1 aromatic rings. The molecule has 3 N–H and O–H groups in total. The molecule has 0 spiro atoms. The van der Waals surface area contributed by atoms with Crippen LogP contribution >= 0.6 is 0 Å². The van der Waals surface area contributed by atoms with Gasteiger partial charge in [-0.25, -0.2) is 4.39 Å². The van der Waals surface area contributed by atoms with Gasteiger partial charge in [0.25, 0.3) is 5.91 Å². The lowest BCUT2D eigenvalue weighted by atomic mass is 9.86. The van der Waals surface area contributed by atoms with E-state index in [9.17, 15) is 14.0 Å². The summed E-state index contributed by atoms with van der Waals surface area (Å²) in [7, 11) is 1.44. The van der Waals surface area contributed by atoms with E-state index in [4.69, 9.17) is 4.74 Å². The van der Waals surface area contributed by atoms with Crippen LogP contribution in [0.5, 0.6) is 5.75 Å². The van der Waals surface area contributed by atoms with Crippen LogP contribution in [-0.4, -0.2) is 44.6 Å². The lowest BCUT2D eigenvalue weighted by Gasteiger charge is -2.29. The topological polar surface area (TPSA) is 79.5 Å². The monoisotopic (exact) mass is 407 g/mol. The Morgan fingerprint density at radius 1 is 1.10 bits per heavy atom. The molecular formula is C22H34FN3O3. The maximum atomic E-state index is 13.6. The van der Waals surface area contributed by atoms with E-state index >= 15 is 0 Å². The number of carbonyl (C=O) groups is 2. The normalized spacial score (nSPS) is 19.5. The van der Waals surface area contributed by atoms with E-state index < -0.39 is 5.82 Å². The van der Waals surface area contributed by atoms with Crippen LogP contribution in [0.4, 0.5) is 4.39 Å². The van der Waals surface area contributed by atoms with Gasteiger partial charge in [-0.3, -0.25) is 9.59 Å². The second-order valence-electron chi connectivity index (χ2n) is 9.03.